The van der Waals surface area contributed by atoms with Gasteiger partial charge in [0.1, 0.15) is 5.75 Å². The van der Waals surface area contributed by atoms with E-state index in [4.69, 9.17) is 5.73 Å². The zero-order chi connectivity index (χ0) is 11.1. The molecule has 0 spiro atoms. The van der Waals surface area contributed by atoms with Crippen LogP contribution in [0.1, 0.15) is 18.4 Å². The molecule has 0 radical (unpaired) electrons. The first-order chi connectivity index (χ1) is 6.91. The van der Waals surface area contributed by atoms with Gasteiger partial charge in [0.25, 0.3) is 0 Å². The molecule has 0 saturated heterocycles. The molecule has 1 aromatic carbocycles. The van der Waals surface area contributed by atoms with Gasteiger partial charge < -0.3 is 10.5 Å². The fourth-order valence-electron chi connectivity index (χ4n) is 1.50. The van der Waals surface area contributed by atoms with Crippen LogP contribution in [0.15, 0.2) is 24.3 Å². The van der Waals surface area contributed by atoms with Crippen LogP contribution in [0.5, 0.6) is 5.75 Å². The van der Waals surface area contributed by atoms with Crippen molar-refractivity contribution in [2.24, 2.45) is 5.73 Å². The summed E-state index contributed by atoms with van der Waals surface area (Å²) in [5, 5.41) is 0. The molecule has 1 fully saturated rings. The summed E-state index contributed by atoms with van der Waals surface area (Å²) in [6.45, 7) is 0. The van der Waals surface area contributed by atoms with E-state index >= 15 is 0 Å². The van der Waals surface area contributed by atoms with Gasteiger partial charge >= 0.3 is 6.36 Å². The molecule has 0 bridgehead atoms. The van der Waals surface area contributed by atoms with E-state index in [9.17, 15) is 13.2 Å². The van der Waals surface area contributed by atoms with E-state index in [2.05, 4.69) is 4.74 Å². The first-order valence-corrected chi connectivity index (χ1v) is 4.55. The van der Waals surface area contributed by atoms with E-state index in [0.717, 1.165) is 0 Å². The lowest BCUT2D eigenvalue weighted by Crippen LogP contribution is -2.23. The van der Waals surface area contributed by atoms with Crippen LogP contribution >= 0.6 is 0 Å². The predicted octanol–water partition coefficient (Wildman–Crippen LogP) is 2.53. The van der Waals surface area contributed by atoms with Gasteiger partial charge in [-0.25, -0.2) is 0 Å². The van der Waals surface area contributed by atoms with Gasteiger partial charge in [0.2, 0.25) is 0 Å². The number of alkyl halides is 3. The number of ether oxygens (including phenoxy) is 1. The van der Waals surface area contributed by atoms with Crippen molar-refractivity contribution < 1.29 is 17.9 Å². The van der Waals surface area contributed by atoms with Crippen molar-refractivity contribution in [3.05, 3.63) is 29.8 Å². The highest BCUT2D eigenvalue weighted by Crippen LogP contribution is 2.47. The van der Waals surface area contributed by atoms with Crippen LogP contribution in [-0.2, 0) is 5.54 Å². The maximum atomic E-state index is 12.1. The lowest BCUT2D eigenvalue weighted by atomic mass is 10.1. The molecule has 1 saturated carbocycles. The number of rotatable bonds is 2. The van der Waals surface area contributed by atoms with Crippen LogP contribution in [-0.4, -0.2) is 6.36 Å². The van der Waals surface area contributed by atoms with Gasteiger partial charge in [-0.05, 0) is 18.9 Å². The molecule has 0 aromatic heterocycles. The minimum absolute atomic E-state index is 0.190. The average molecular weight is 217 g/mol. The van der Waals surface area contributed by atoms with Gasteiger partial charge in [0.05, 0.1) is 0 Å². The molecule has 2 nitrogen and oxygen atoms in total. The highest BCUT2D eigenvalue weighted by molar-refractivity contribution is 5.42. The van der Waals surface area contributed by atoms with Crippen molar-refractivity contribution in [2.75, 3.05) is 0 Å². The van der Waals surface area contributed by atoms with Gasteiger partial charge in [-0.2, -0.15) is 0 Å². The normalized spacial score (nSPS) is 18.7. The van der Waals surface area contributed by atoms with Crippen molar-refractivity contribution >= 4 is 0 Å². The van der Waals surface area contributed by atoms with Gasteiger partial charge in [0, 0.05) is 11.1 Å². The number of hydrogen-bond acceptors (Lipinski definition) is 2. The molecule has 0 atom stereocenters. The Kier molecular flexibility index (Phi) is 2.15. The summed E-state index contributed by atoms with van der Waals surface area (Å²) in [7, 11) is 0. The molecule has 2 N–H and O–H groups in total. The van der Waals surface area contributed by atoms with E-state index in [0.29, 0.717) is 18.4 Å². The Morgan fingerprint density at radius 2 is 1.80 bits per heavy atom. The molecule has 0 heterocycles. The molecule has 0 aliphatic heterocycles. The largest absolute Gasteiger partial charge is 0.573 e. The van der Waals surface area contributed by atoms with Crippen LogP contribution in [0.4, 0.5) is 13.2 Å². The fraction of sp³-hybridized carbons (Fsp3) is 0.400. The minimum atomic E-state index is -4.67. The number of para-hydroxylation sites is 1. The van der Waals surface area contributed by atoms with E-state index in [1.807, 2.05) is 0 Å². The third kappa shape index (κ3) is 2.23. The lowest BCUT2D eigenvalue weighted by molar-refractivity contribution is -0.275. The Morgan fingerprint density at radius 1 is 1.20 bits per heavy atom. The third-order valence-corrected chi connectivity index (χ3v) is 2.44. The van der Waals surface area contributed by atoms with Crippen molar-refractivity contribution in [3.8, 4) is 5.75 Å². The van der Waals surface area contributed by atoms with Crippen molar-refractivity contribution in [3.63, 3.8) is 0 Å². The smallest absolute Gasteiger partial charge is 0.405 e. The van der Waals surface area contributed by atoms with E-state index in [1.165, 1.54) is 12.1 Å². The zero-order valence-corrected chi connectivity index (χ0v) is 7.84. The van der Waals surface area contributed by atoms with Crippen molar-refractivity contribution in [2.45, 2.75) is 24.7 Å². The summed E-state index contributed by atoms with van der Waals surface area (Å²) in [6, 6.07) is 6.02. The first kappa shape index (κ1) is 10.3. The monoisotopic (exact) mass is 217 g/mol. The number of hydrogen-bond donors (Lipinski definition) is 1. The summed E-state index contributed by atoms with van der Waals surface area (Å²) < 4.78 is 40.1. The van der Waals surface area contributed by atoms with Gasteiger partial charge in [-0.3, -0.25) is 0 Å². The van der Waals surface area contributed by atoms with Crippen LogP contribution in [0.3, 0.4) is 0 Å². The van der Waals surface area contributed by atoms with E-state index in [-0.39, 0.29) is 5.75 Å². The maximum absolute atomic E-state index is 12.1. The third-order valence-electron chi connectivity index (χ3n) is 2.44. The Labute approximate surface area is 84.8 Å². The minimum Gasteiger partial charge on any atom is -0.405 e. The number of nitrogens with two attached hydrogens (primary N) is 1. The number of benzene rings is 1. The summed E-state index contributed by atoms with van der Waals surface area (Å²) in [5.74, 6) is -0.190. The van der Waals surface area contributed by atoms with Gasteiger partial charge in [-0.15, -0.1) is 13.2 Å². The topological polar surface area (TPSA) is 35.2 Å². The highest BCUT2D eigenvalue weighted by atomic mass is 19.4. The second kappa shape index (κ2) is 3.13. The van der Waals surface area contributed by atoms with Crippen molar-refractivity contribution in [1.29, 1.82) is 0 Å². The highest BCUT2D eigenvalue weighted by Gasteiger charge is 2.43. The molecular weight excluding hydrogens is 207 g/mol. The first-order valence-electron chi connectivity index (χ1n) is 4.55. The molecule has 1 aliphatic rings. The molecule has 0 amide bonds. The molecule has 1 aromatic rings. The van der Waals surface area contributed by atoms with Crippen LogP contribution < -0.4 is 10.5 Å². The van der Waals surface area contributed by atoms with E-state index in [1.54, 1.807) is 12.1 Å². The molecule has 15 heavy (non-hydrogen) atoms. The Balaban J connectivity index is 2.31. The number of halogens is 3. The van der Waals surface area contributed by atoms with Crippen LogP contribution in [0, 0.1) is 0 Å². The quantitative estimate of drug-likeness (QED) is 0.826. The lowest BCUT2D eigenvalue weighted by Gasteiger charge is -2.16. The molecule has 1 aliphatic carbocycles. The average Bonchev–Trinajstić information content (AvgIpc) is 2.83. The Morgan fingerprint density at radius 3 is 2.33 bits per heavy atom. The standard InChI is InChI=1S/C10H10F3NO/c11-10(12,13)15-8-4-2-1-3-7(8)9(14)5-6-9/h1-4H,5-6,14H2. The SMILES string of the molecule is NC1(c2ccccc2OC(F)(F)F)CC1. The molecular formula is C10H10F3NO. The Bertz CT molecular complexity index is 371. The summed E-state index contributed by atoms with van der Waals surface area (Å²) in [5.41, 5.74) is 5.65. The molecule has 82 valence electrons. The van der Waals surface area contributed by atoms with Crippen molar-refractivity contribution in [1.82, 2.24) is 0 Å². The van der Waals surface area contributed by atoms with Crippen LogP contribution in [0.2, 0.25) is 0 Å². The second-order valence-electron chi connectivity index (χ2n) is 3.70. The second-order valence-corrected chi connectivity index (χ2v) is 3.70. The zero-order valence-electron chi connectivity index (χ0n) is 7.84. The van der Waals surface area contributed by atoms with Gasteiger partial charge in [-0.1, -0.05) is 18.2 Å². The molecule has 2 rings (SSSR count). The van der Waals surface area contributed by atoms with Crippen LogP contribution in [0.25, 0.3) is 0 Å². The molecule has 0 unspecified atom stereocenters. The summed E-state index contributed by atoms with van der Waals surface area (Å²) in [6.07, 6.45) is -3.27. The van der Waals surface area contributed by atoms with Gasteiger partial charge in [0.15, 0.2) is 0 Å². The fourth-order valence-corrected chi connectivity index (χ4v) is 1.50. The molecule has 5 heteroatoms. The summed E-state index contributed by atoms with van der Waals surface area (Å²) >= 11 is 0. The predicted molar refractivity (Wildman–Crippen MR) is 48.2 cm³/mol. The Hall–Kier alpha value is -1.23. The van der Waals surface area contributed by atoms with E-state index < -0.39 is 11.9 Å². The maximum Gasteiger partial charge on any atom is 0.573 e. The summed E-state index contributed by atoms with van der Waals surface area (Å²) in [4.78, 5) is 0.